The summed E-state index contributed by atoms with van der Waals surface area (Å²) in [5, 5.41) is 3.53. The number of carbonyl (C=O) groups excluding carboxylic acids is 1. The molecular weight excluding hydrogens is 94.0 g/mol. The van der Waals surface area contributed by atoms with Crippen molar-refractivity contribution in [3.8, 4) is 0 Å². The highest BCUT2D eigenvalue weighted by Gasteiger charge is 2.18. The zero-order valence-electron chi connectivity index (χ0n) is 4.05. The second-order valence-corrected chi connectivity index (χ2v) is 1.56. The molecule has 0 aliphatic carbocycles. The van der Waals surface area contributed by atoms with Gasteiger partial charge in [0, 0.05) is 0 Å². The van der Waals surface area contributed by atoms with Crippen molar-refractivity contribution in [2.45, 2.75) is 13.0 Å². The van der Waals surface area contributed by atoms with Crippen LogP contribution in [0, 0.1) is 0 Å². The first-order chi connectivity index (χ1) is 3.29. The van der Waals surface area contributed by atoms with E-state index in [-0.39, 0.29) is 6.04 Å². The molecule has 0 aromatic heterocycles. The van der Waals surface area contributed by atoms with Crippen molar-refractivity contribution in [3.63, 3.8) is 0 Å². The molecule has 0 aromatic rings. The summed E-state index contributed by atoms with van der Waals surface area (Å²) in [6, 6.07) is 0.0764. The van der Waals surface area contributed by atoms with Crippen LogP contribution in [-0.2, 0) is 4.74 Å². The number of amides is 1. The Bertz CT molecular complexity index is 91.7. The number of ether oxygens (including phenoxy) is 1. The highest BCUT2D eigenvalue weighted by molar-refractivity contribution is 5.69. The summed E-state index contributed by atoms with van der Waals surface area (Å²) in [4.78, 5) is 10.1. The number of hydrogen-bond acceptors (Lipinski definition) is 2. The second kappa shape index (κ2) is 1.40. The Labute approximate surface area is 41.7 Å². The minimum absolute atomic E-state index is 0.0764. The number of cyclic esters (lactones) is 1. The summed E-state index contributed by atoms with van der Waals surface area (Å²) in [7, 11) is 0. The Balaban J connectivity index is 2.40. The first kappa shape index (κ1) is 4.43. The Hall–Kier alpha value is -0.730. The summed E-state index contributed by atoms with van der Waals surface area (Å²) in [6.45, 7) is 2.30. The molecule has 3 nitrogen and oxygen atoms in total. The van der Waals surface area contributed by atoms with Crippen LogP contribution in [0.15, 0.2) is 0 Å². The van der Waals surface area contributed by atoms with Crippen LogP contribution in [0.5, 0.6) is 0 Å². The highest BCUT2D eigenvalue weighted by Crippen LogP contribution is 1.96. The van der Waals surface area contributed by atoms with Gasteiger partial charge in [-0.2, -0.15) is 0 Å². The van der Waals surface area contributed by atoms with Crippen molar-refractivity contribution in [3.05, 3.63) is 0 Å². The monoisotopic (exact) mass is 100 g/mol. The van der Waals surface area contributed by atoms with Gasteiger partial charge in [-0.3, -0.25) is 0 Å². The van der Waals surface area contributed by atoms with Gasteiger partial charge < -0.3 is 4.74 Å². The number of hydrogen-bond donors (Lipinski definition) is 0. The fourth-order valence-electron chi connectivity index (χ4n) is 0.446. The molecule has 1 atom stereocenters. The van der Waals surface area contributed by atoms with E-state index in [1.54, 1.807) is 0 Å². The van der Waals surface area contributed by atoms with Crippen LogP contribution in [-0.4, -0.2) is 18.7 Å². The van der Waals surface area contributed by atoms with Gasteiger partial charge in [-0.1, -0.05) is 0 Å². The van der Waals surface area contributed by atoms with Gasteiger partial charge in [-0.05, 0) is 6.92 Å². The number of nitrogens with zero attached hydrogens (tertiary/aromatic N) is 1. The van der Waals surface area contributed by atoms with Gasteiger partial charge >= 0.3 is 6.09 Å². The van der Waals surface area contributed by atoms with Gasteiger partial charge in [0.1, 0.15) is 6.61 Å². The summed E-state index contributed by atoms with van der Waals surface area (Å²) in [6.07, 6.45) is -0.424. The Kier molecular flexibility index (Phi) is 0.889. The van der Waals surface area contributed by atoms with Crippen LogP contribution in [0.2, 0.25) is 0 Å². The lowest BCUT2D eigenvalue weighted by atomic mass is 10.4. The van der Waals surface area contributed by atoms with Crippen LogP contribution < -0.4 is 5.32 Å². The van der Waals surface area contributed by atoms with E-state index in [4.69, 9.17) is 0 Å². The molecule has 1 fully saturated rings. The predicted molar refractivity (Wildman–Crippen MR) is 22.9 cm³/mol. The van der Waals surface area contributed by atoms with Crippen molar-refractivity contribution in [2.24, 2.45) is 0 Å². The molecule has 1 aliphatic rings. The van der Waals surface area contributed by atoms with Gasteiger partial charge in [0.25, 0.3) is 0 Å². The molecule has 1 heterocycles. The summed E-state index contributed by atoms with van der Waals surface area (Å²) >= 11 is 0. The summed E-state index contributed by atoms with van der Waals surface area (Å²) in [5.74, 6) is 0. The normalized spacial score (nSPS) is 29.3. The Morgan fingerprint density at radius 1 is 2.00 bits per heavy atom. The molecule has 0 N–H and O–H groups in total. The molecule has 3 heteroatoms. The molecule has 1 unspecified atom stereocenters. The highest BCUT2D eigenvalue weighted by atomic mass is 16.6. The third-order valence-corrected chi connectivity index (χ3v) is 0.774. The molecule has 1 saturated heterocycles. The third-order valence-electron chi connectivity index (χ3n) is 0.774. The molecule has 0 aromatic carbocycles. The maximum absolute atomic E-state index is 10.1. The van der Waals surface area contributed by atoms with Gasteiger partial charge in [-0.15, -0.1) is 0 Å². The number of carbonyl (C=O) groups is 1. The van der Waals surface area contributed by atoms with E-state index < -0.39 is 6.09 Å². The largest absolute Gasteiger partial charge is 0.446 e. The zero-order chi connectivity index (χ0) is 5.28. The van der Waals surface area contributed by atoms with Crippen LogP contribution in [0.4, 0.5) is 4.79 Å². The van der Waals surface area contributed by atoms with E-state index >= 15 is 0 Å². The van der Waals surface area contributed by atoms with Crippen molar-refractivity contribution >= 4 is 6.09 Å². The zero-order valence-corrected chi connectivity index (χ0v) is 4.05. The van der Waals surface area contributed by atoms with E-state index in [1.165, 1.54) is 0 Å². The van der Waals surface area contributed by atoms with Crippen molar-refractivity contribution in [1.29, 1.82) is 0 Å². The van der Waals surface area contributed by atoms with Crippen LogP contribution in [0.1, 0.15) is 6.92 Å². The van der Waals surface area contributed by atoms with Crippen molar-refractivity contribution in [1.82, 2.24) is 5.32 Å². The van der Waals surface area contributed by atoms with E-state index in [0.29, 0.717) is 6.61 Å². The molecule has 0 spiro atoms. The molecule has 1 radical (unpaired) electrons. The van der Waals surface area contributed by atoms with E-state index in [0.717, 1.165) is 0 Å². The lowest BCUT2D eigenvalue weighted by Crippen LogP contribution is -2.13. The quantitative estimate of drug-likeness (QED) is 0.434. The average molecular weight is 100 g/mol. The number of rotatable bonds is 0. The fourth-order valence-corrected chi connectivity index (χ4v) is 0.446. The first-order valence-corrected chi connectivity index (χ1v) is 2.16. The van der Waals surface area contributed by atoms with Gasteiger partial charge in [0.15, 0.2) is 0 Å². The maximum atomic E-state index is 10.1. The van der Waals surface area contributed by atoms with E-state index in [1.807, 2.05) is 6.92 Å². The molecule has 0 saturated carbocycles. The van der Waals surface area contributed by atoms with E-state index in [9.17, 15) is 4.79 Å². The lowest BCUT2D eigenvalue weighted by Gasteiger charge is -1.86. The van der Waals surface area contributed by atoms with Gasteiger partial charge in [0.2, 0.25) is 0 Å². The molecule has 7 heavy (non-hydrogen) atoms. The molecule has 0 bridgehead atoms. The molecule has 1 rings (SSSR count). The van der Waals surface area contributed by atoms with Crippen LogP contribution >= 0.6 is 0 Å². The lowest BCUT2D eigenvalue weighted by molar-refractivity contribution is 0.177. The third kappa shape index (κ3) is 0.824. The first-order valence-electron chi connectivity index (χ1n) is 2.16. The minimum atomic E-state index is -0.424. The van der Waals surface area contributed by atoms with Crippen LogP contribution in [0.3, 0.4) is 0 Å². The van der Waals surface area contributed by atoms with Crippen molar-refractivity contribution < 1.29 is 9.53 Å². The van der Waals surface area contributed by atoms with Crippen molar-refractivity contribution in [2.75, 3.05) is 6.61 Å². The van der Waals surface area contributed by atoms with E-state index in [2.05, 4.69) is 10.1 Å². The Morgan fingerprint density at radius 3 is 2.86 bits per heavy atom. The topological polar surface area (TPSA) is 40.4 Å². The minimum Gasteiger partial charge on any atom is -0.446 e. The average Bonchev–Trinajstić information content (AvgIpc) is 1.87. The molecule has 39 valence electrons. The summed E-state index contributed by atoms with van der Waals surface area (Å²) in [5.41, 5.74) is 0. The Morgan fingerprint density at radius 2 is 2.71 bits per heavy atom. The standard InChI is InChI=1S/C4H6NO2/c1-3-2-7-4(6)5-3/h3H,2H2,1H3. The summed E-state index contributed by atoms with van der Waals surface area (Å²) < 4.78 is 4.46. The maximum Gasteiger partial charge on any atom is 0.429 e. The van der Waals surface area contributed by atoms with Gasteiger partial charge in [-0.25, -0.2) is 10.1 Å². The second-order valence-electron chi connectivity index (χ2n) is 1.56. The molecular formula is C4H6NO2. The van der Waals surface area contributed by atoms with Gasteiger partial charge in [0.05, 0.1) is 6.04 Å². The smallest absolute Gasteiger partial charge is 0.429 e. The SMILES string of the molecule is CC1COC(=O)[N]1. The molecule has 1 amide bonds. The van der Waals surface area contributed by atoms with Crippen LogP contribution in [0.25, 0.3) is 0 Å². The molecule has 1 aliphatic heterocycles. The fraction of sp³-hybridized carbons (Fsp3) is 0.750. The predicted octanol–water partition coefficient (Wildman–Crippen LogP) is 0.129.